The average Bonchev–Trinajstić information content (AvgIpc) is 2.61. The molecule has 0 atom stereocenters. The third-order valence-electron chi connectivity index (χ3n) is 3.72. The standard InChI is InChI=1S/C17H12N4O5/c18-14-12(16(23)24)11(13(17(25)26)15(22)21-14)9-3-1-8(2-4-9)10-5-6-19-7-20-10/h1-7H,(H,23,24)(H,25,26)(H3,18,21,22). The average molecular weight is 352 g/mol. The lowest BCUT2D eigenvalue weighted by Gasteiger charge is -2.12. The molecule has 1 aromatic carbocycles. The van der Waals surface area contributed by atoms with Crippen LogP contribution in [0.25, 0.3) is 22.4 Å². The van der Waals surface area contributed by atoms with Crippen molar-refractivity contribution in [3.63, 3.8) is 0 Å². The summed E-state index contributed by atoms with van der Waals surface area (Å²) in [7, 11) is 0. The minimum absolute atomic E-state index is 0.232. The molecule has 0 saturated heterocycles. The number of nitrogen functional groups attached to an aromatic ring is 1. The fourth-order valence-electron chi connectivity index (χ4n) is 2.60. The van der Waals surface area contributed by atoms with Crippen molar-refractivity contribution in [2.24, 2.45) is 0 Å². The third-order valence-corrected chi connectivity index (χ3v) is 3.72. The van der Waals surface area contributed by atoms with Crippen LogP contribution in [0, 0.1) is 0 Å². The quantitative estimate of drug-likeness (QED) is 0.549. The van der Waals surface area contributed by atoms with Gasteiger partial charge >= 0.3 is 11.9 Å². The van der Waals surface area contributed by atoms with Gasteiger partial charge in [-0.2, -0.15) is 0 Å². The first-order valence-corrected chi connectivity index (χ1v) is 7.29. The fourth-order valence-corrected chi connectivity index (χ4v) is 2.60. The molecular weight excluding hydrogens is 340 g/mol. The van der Waals surface area contributed by atoms with E-state index in [9.17, 15) is 24.6 Å². The molecule has 0 saturated carbocycles. The van der Waals surface area contributed by atoms with E-state index >= 15 is 0 Å². The van der Waals surface area contributed by atoms with Crippen molar-refractivity contribution in [2.45, 2.75) is 0 Å². The van der Waals surface area contributed by atoms with Crippen molar-refractivity contribution in [2.75, 3.05) is 5.73 Å². The maximum atomic E-state index is 12.0. The number of hydrogen-bond donors (Lipinski definition) is 4. The summed E-state index contributed by atoms with van der Waals surface area (Å²) >= 11 is 0. The summed E-state index contributed by atoms with van der Waals surface area (Å²) in [5, 5.41) is 18.8. The smallest absolute Gasteiger partial charge is 0.342 e. The summed E-state index contributed by atoms with van der Waals surface area (Å²) in [5.41, 5.74) is 4.79. The van der Waals surface area contributed by atoms with Crippen molar-refractivity contribution in [1.29, 1.82) is 0 Å². The highest BCUT2D eigenvalue weighted by Crippen LogP contribution is 2.30. The second-order valence-electron chi connectivity index (χ2n) is 5.28. The highest BCUT2D eigenvalue weighted by atomic mass is 16.4. The molecule has 3 rings (SSSR count). The number of benzene rings is 1. The van der Waals surface area contributed by atoms with Gasteiger partial charge in [-0.25, -0.2) is 19.6 Å². The molecule has 0 fully saturated rings. The van der Waals surface area contributed by atoms with Gasteiger partial charge in [0.15, 0.2) is 0 Å². The zero-order valence-corrected chi connectivity index (χ0v) is 13.1. The highest BCUT2D eigenvalue weighted by molar-refractivity contribution is 6.07. The summed E-state index contributed by atoms with van der Waals surface area (Å²) in [4.78, 5) is 45.1. The Morgan fingerprint density at radius 3 is 2.12 bits per heavy atom. The van der Waals surface area contributed by atoms with Crippen molar-refractivity contribution in [3.05, 3.63) is 64.3 Å². The summed E-state index contributed by atoms with van der Waals surface area (Å²) in [5.74, 6) is -3.41. The van der Waals surface area contributed by atoms with E-state index in [0.29, 0.717) is 11.3 Å². The molecular formula is C17H12N4O5. The van der Waals surface area contributed by atoms with Gasteiger partial charge in [-0.1, -0.05) is 24.3 Å². The van der Waals surface area contributed by atoms with E-state index < -0.39 is 34.4 Å². The third kappa shape index (κ3) is 2.88. The molecule has 3 aromatic rings. The molecule has 0 amide bonds. The fraction of sp³-hybridized carbons (Fsp3) is 0. The lowest BCUT2D eigenvalue weighted by atomic mass is 9.94. The Kier molecular flexibility index (Phi) is 4.19. The Morgan fingerprint density at radius 2 is 1.58 bits per heavy atom. The minimum atomic E-state index is -1.55. The van der Waals surface area contributed by atoms with Crippen LogP contribution >= 0.6 is 0 Å². The van der Waals surface area contributed by atoms with Gasteiger partial charge in [0.2, 0.25) is 0 Å². The zero-order chi connectivity index (χ0) is 18.8. The number of nitrogens with zero attached hydrogens (tertiary/aromatic N) is 2. The number of nitrogens with two attached hydrogens (primary N) is 1. The van der Waals surface area contributed by atoms with Gasteiger partial charge in [-0.3, -0.25) is 4.79 Å². The minimum Gasteiger partial charge on any atom is -0.478 e. The SMILES string of the molecule is Nc1[nH]c(=O)c(C(=O)O)c(-c2ccc(-c3ccncn3)cc2)c1C(=O)O. The van der Waals surface area contributed by atoms with Crippen LogP contribution in [0.1, 0.15) is 20.7 Å². The first-order valence-electron chi connectivity index (χ1n) is 7.29. The Bertz CT molecular complexity index is 1060. The van der Waals surface area contributed by atoms with E-state index in [2.05, 4.69) is 15.0 Å². The maximum Gasteiger partial charge on any atom is 0.342 e. The van der Waals surface area contributed by atoms with Gasteiger partial charge < -0.3 is 20.9 Å². The van der Waals surface area contributed by atoms with E-state index in [1.807, 2.05) is 0 Å². The van der Waals surface area contributed by atoms with Crippen LogP contribution in [0.15, 0.2) is 47.7 Å². The number of hydrogen-bond acceptors (Lipinski definition) is 6. The topological polar surface area (TPSA) is 159 Å². The number of carboxylic acid groups (broad SMARTS) is 2. The van der Waals surface area contributed by atoms with Crippen LogP contribution in [0.5, 0.6) is 0 Å². The van der Waals surface area contributed by atoms with Gasteiger partial charge in [0.25, 0.3) is 5.56 Å². The number of carboxylic acids is 2. The van der Waals surface area contributed by atoms with Gasteiger partial charge in [0.05, 0.1) is 5.69 Å². The number of pyridine rings is 1. The molecule has 9 heteroatoms. The van der Waals surface area contributed by atoms with Gasteiger partial charge in [0, 0.05) is 17.3 Å². The predicted molar refractivity (Wildman–Crippen MR) is 91.9 cm³/mol. The Balaban J connectivity index is 2.24. The molecule has 0 radical (unpaired) electrons. The first kappa shape index (κ1) is 16.8. The van der Waals surface area contributed by atoms with Crippen LogP contribution in [-0.4, -0.2) is 37.1 Å². The molecule has 130 valence electrons. The van der Waals surface area contributed by atoms with E-state index in [1.54, 1.807) is 24.4 Å². The normalized spacial score (nSPS) is 10.5. The molecule has 0 aliphatic rings. The molecule has 0 aliphatic carbocycles. The Morgan fingerprint density at radius 1 is 0.962 bits per heavy atom. The van der Waals surface area contributed by atoms with Crippen LogP contribution in [-0.2, 0) is 0 Å². The van der Waals surface area contributed by atoms with E-state index in [1.165, 1.54) is 18.5 Å². The molecule has 5 N–H and O–H groups in total. The summed E-state index contributed by atoms with van der Waals surface area (Å²) < 4.78 is 0. The van der Waals surface area contributed by atoms with Gasteiger partial charge in [0.1, 0.15) is 23.3 Å². The Hall–Kier alpha value is -4.01. The monoisotopic (exact) mass is 352 g/mol. The number of anilines is 1. The van der Waals surface area contributed by atoms with Crippen LogP contribution < -0.4 is 11.3 Å². The highest BCUT2D eigenvalue weighted by Gasteiger charge is 2.26. The zero-order valence-electron chi connectivity index (χ0n) is 13.1. The van der Waals surface area contributed by atoms with Gasteiger partial charge in [-0.05, 0) is 11.6 Å². The predicted octanol–water partition coefficient (Wildman–Crippen LogP) is 1.48. The molecule has 0 unspecified atom stereocenters. The van der Waals surface area contributed by atoms with E-state index in [4.69, 9.17) is 5.73 Å². The van der Waals surface area contributed by atoms with E-state index in [0.717, 1.165) is 0 Å². The number of aromatic carboxylic acids is 2. The summed E-state index contributed by atoms with van der Waals surface area (Å²) in [6.07, 6.45) is 2.95. The molecule has 2 heterocycles. The number of nitrogens with one attached hydrogen (secondary N) is 1. The van der Waals surface area contributed by atoms with Crippen molar-refractivity contribution in [3.8, 4) is 22.4 Å². The first-order chi connectivity index (χ1) is 12.4. The Labute approximate surface area is 145 Å². The van der Waals surface area contributed by atoms with Crippen molar-refractivity contribution < 1.29 is 19.8 Å². The number of aromatic nitrogens is 3. The van der Waals surface area contributed by atoms with Crippen LogP contribution in [0.2, 0.25) is 0 Å². The van der Waals surface area contributed by atoms with Crippen LogP contribution in [0.4, 0.5) is 5.82 Å². The summed E-state index contributed by atoms with van der Waals surface area (Å²) in [6.45, 7) is 0. The molecule has 0 bridgehead atoms. The molecule has 0 aliphatic heterocycles. The van der Waals surface area contributed by atoms with E-state index in [-0.39, 0.29) is 11.1 Å². The second-order valence-corrected chi connectivity index (χ2v) is 5.28. The molecule has 26 heavy (non-hydrogen) atoms. The maximum absolute atomic E-state index is 12.0. The largest absolute Gasteiger partial charge is 0.478 e. The van der Waals surface area contributed by atoms with Crippen molar-refractivity contribution >= 4 is 17.8 Å². The van der Waals surface area contributed by atoms with Crippen LogP contribution in [0.3, 0.4) is 0 Å². The molecule has 9 nitrogen and oxygen atoms in total. The molecule has 2 aromatic heterocycles. The van der Waals surface area contributed by atoms with Crippen molar-refractivity contribution in [1.82, 2.24) is 15.0 Å². The number of H-pyrrole nitrogens is 1. The van der Waals surface area contributed by atoms with Gasteiger partial charge in [-0.15, -0.1) is 0 Å². The number of carbonyl (C=O) groups is 2. The lowest BCUT2D eigenvalue weighted by molar-refractivity contribution is 0.0695. The number of aromatic amines is 1. The molecule has 0 spiro atoms. The number of rotatable bonds is 4. The summed E-state index contributed by atoms with van der Waals surface area (Å²) in [6, 6.07) is 7.96. The second kappa shape index (κ2) is 6.48. The lowest BCUT2D eigenvalue weighted by Crippen LogP contribution is -2.24.